The molecule has 0 spiro atoms. The molecule has 1 unspecified atom stereocenters. The van der Waals surface area contributed by atoms with Crippen LogP contribution in [0.4, 0.5) is 0 Å². The minimum absolute atomic E-state index is 0.0208. The van der Waals surface area contributed by atoms with E-state index in [1.807, 2.05) is 0 Å². The van der Waals surface area contributed by atoms with Crippen LogP contribution in [0.15, 0.2) is 0 Å². The number of fused-ring (bicyclic) bond motifs is 1. The number of carboxylic acids is 1. The quantitative estimate of drug-likeness (QED) is 0.599. The van der Waals surface area contributed by atoms with Crippen LogP contribution in [-0.4, -0.2) is 11.1 Å². The smallest absolute Gasteiger partial charge is 0.306 e. The summed E-state index contributed by atoms with van der Waals surface area (Å²) in [6.45, 7) is 0. The van der Waals surface area contributed by atoms with Gasteiger partial charge in [0.25, 0.3) is 0 Å². The largest absolute Gasteiger partial charge is 0.481 e. The third kappa shape index (κ3) is 0.678. The minimum Gasteiger partial charge on any atom is -0.481 e. The highest BCUT2D eigenvalue weighted by Gasteiger charge is 2.47. The van der Waals surface area contributed by atoms with Gasteiger partial charge in [0.2, 0.25) is 0 Å². The van der Waals surface area contributed by atoms with Crippen LogP contribution >= 0.6 is 0 Å². The van der Waals surface area contributed by atoms with Gasteiger partial charge in [0.15, 0.2) is 0 Å². The normalized spacial score (nSPS) is 44.2. The molecule has 56 valence electrons. The molecule has 2 rings (SSSR count). The minimum atomic E-state index is -0.567. The summed E-state index contributed by atoms with van der Waals surface area (Å²) in [7, 11) is 0. The molecule has 1 N–H and O–H groups in total. The Labute approximate surface area is 60.2 Å². The van der Waals surface area contributed by atoms with Crippen LogP contribution in [0.25, 0.3) is 0 Å². The monoisotopic (exact) mass is 140 g/mol. The second-order valence-electron chi connectivity index (χ2n) is 3.54. The van der Waals surface area contributed by atoms with Crippen LogP contribution in [0.3, 0.4) is 0 Å². The van der Waals surface area contributed by atoms with Crippen LogP contribution in [0.2, 0.25) is 0 Å². The Morgan fingerprint density at radius 2 is 2.20 bits per heavy atom. The second-order valence-corrected chi connectivity index (χ2v) is 3.54. The Balaban J connectivity index is 2.00. The highest BCUT2D eigenvalue weighted by atomic mass is 16.4. The molecule has 0 aromatic carbocycles. The molecular formula is C8H12O2. The highest BCUT2D eigenvalue weighted by molar-refractivity contribution is 5.71. The van der Waals surface area contributed by atoms with E-state index in [1.165, 1.54) is 19.3 Å². The summed E-state index contributed by atoms with van der Waals surface area (Å²) < 4.78 is 0. The first kappa shape index (κ1) is 6.20. The summed E-state index contributed by atoms with van der Waals surface area (Å²) in [6.07, 6.45) is 4.68. The molecule has 2 heteroatoms. The molecule has 2 aliphatic carbocycles. The van der Waals surface area contributed by atoms with E-state index in [0.717, 1.165) is 12.3 Å². The topological polar surface area (TPSA) is 37.3 Å². The molecule has 0 bridgehead atoms. The molecule has 0 aromatic rings. The van der Waals surface area contributed by atoms with E-state index in [0.29, 0.717) is 5.92 Å². The number of hydrogen-bond acceptors (Lipinski definition) is 1. The Morgan fingerprint density at radius 3 is 2.80 bits per heavy atom. The lowest BCUT2D eigenvalue weighted by Gasteiger charge is -2.37. The van der Waals surface area contributed by atoms with Gasteiger partial charge in [0.05, 0.1) is 5.92 Å². The van der Waals surface area contributed by atoms with Gasteiger partial charge in [-0.05, 0) is 24.7 Å². The molecule has 2 fully saturated rings. The molecule has 0 radical (unpaired) electrons. The number of rotatable bonds is 1. The van der Waals surface area contributed by atoms with Gasteiger partial charge in [-0.2, -0.15) is 0 Å². The predicted molar refractivity (Wildman–Crippen MR) is 36.6 cm³/mol. The molecule has 0 amide bonds. The summed E-state index contributed by atoms with van der Waals surface area (Å²) >= 11 is 0. The highest BCUT2D eigenvalue weighted by Crippen LogP contribution is 2.50. The van der Waals surface area contributed by atoms with Crippen molar-refractivity contribution >= 4 is 5.97 Å². The lowest BCUT2D eigenvalue weighted by atomic mass is 9.67. The summed E-state index contributed by atoms with van der Waals surface area (Å²) in [5, 5.41) is 8.68. The molecule has 0 heterocycles. The predicted octanol–water partition coefficient (Wildman–Crippen LogP) is 1.51. The first-order valence-corrected chi connectivity index (χ1v) is 4.02. The van der Waals surface area contributed by atoms with E-state index in [4.69, 9.17) is 5.11 Å². The van der Waals surface area contributed by atoms with Crippen molar-refractivity contribution in [3.05, 3.63) is 0 Å². The van der Waals surface area contributed by atoms with E-state index >= 15 is 0 Å². The van der Waals surface area contributed by atoms with Crippen molar-refractivity contribution in [1.82, 2.24) is 0 Å². The van der Waals surface area contributed by atoms with Gasteiger partial charge in [0.1, 0.15) is 0 Å². The average molecular weight is 140 g/mol. The van der Waals surface area contributed by atoms with Crippen LogP contribution in [-0.2, 0) is 4.79 Å². The van der Waals surface area contributed by atoms with Gasteiger partial charge in [0, 0.05) is 0 Å². The van der Waals surface area contributed by atoms with Crippen molar-refractivity contribution in [2.75, 3.05) is 0 Å². The number of carbonyl (C=O) groups is 1. The van der Waals surface area contributed by atoms with Gasteiger partial charge in [-0.15, -0.1) is 0 Å². The third-order valence-electron chi connectivity index (χ3n) is 3.11. The van der Waals surface area contributed by atoms with Gasteiger partial charge < -0.3 is 5.11 Å². The molecular weight excluding hydrogens is 128 g/mol. The first-order valence-electron chi connectivity index (χ1n) is 4.02. The molecule has 2 aliphatic rings. The summed E-state index contributed by atoms with van der Waals surface area (Å²) in [5.41, 5.74) is 0. The van der Waals surface area contributed by atoms with Crippen molar-refractivity contribution in [2.45, 2.75) is 25.7 Å². The number of aliphatic carboxylic acids is 1. The molecule has 2 nitrogen and oxygen atoms in total. The van der Waals surface area contributed by atoms with Gasteiger partial charge in [-0.3, -0.25) is 4.79 Å². The maximum atomic E-state index is 10.5. The number of carboxylic acid groups (broad SMARTS) is 1. The zero-order valence-electron chi connectivity index (χ0n) is 5.92. The molecule has 2 saturated carbocycles. The van der Waals surface area contributed by atoms with Gasteiger partial charge in [-0.25, -0.2) is 0 Å². The van der Waals surface area contributed by atoms with E-state index in [1.54, 1.807) is 0 Å². The molecule has 0 saturated heterocycles. The fourth-order valence-electron chi connectivity index (χ4n) is 2.48. The maximum Gasteiger partial charge on any atom is 0.306 e. The van der Waals surface area contributed by atoms with Crippen LogP contribution in [0, 0.1) is 17.8 Å². The lowest BCUT2D eigenvalue weighted by Crippen LogP contribution is -2.37. The van der Waals surface area contributed by atoms with Crippen molar-refractivity contribution in [3.8, 4) is 0 Å². The molecule has 0 aromatic heterocycles. The van der Waals surface area contributed by atoms with Crippen LogP contribution in [0.1, 0.15) is 25.7 Å². The lowest BCUT2D eigenvalue weighted by molar-refractivity contribution is -0.150. The van der Waals surface area contributed by atoms with Crippen LogP contribution < -0.4 is 0 Å². The maximum absolute atomic E-state index is 10.5. The Hall–Kier alpha value is -0.530. The standard InChI is InChI=1S/C8H12O2/c9-8(10)7-4-5-2-1-3-6(5)7/h5-7H,1-4H2,(H,9,10)/t5-,6-,7?/m1/s1. The van der Waals surface area contributed by atoms with Crippen molar-refractivity contribution in [2.24, 2.45) is 17.8 Å². The summed E-state index contributed by atoms with van der Waals surface area (Å²) in [4.78, 5) is 10.5. The van der Waals surface area contributed by atoms with Crippen molar-refractivity contribution < 1.29 is 9.90 Å². The zero-order chi connectivity index (χ0) is 7.14. The first-order chi connectivity index (χ1) is 4.79. The number of hydrogen-bond donors (Lipinski definition) is 1. The molecule has 10 heavy (non-hydrogen) atoms. The third-order valence-corrected chi connectivity index (χ3v) is 3.11. The van der Waals surface area contributed by atoms with E-state index in [-0.39, 0.29) is 5.92 Å². The van der Waals surface area contributed by atoms with E-state index < -0.39 is 5.97 Å². The average Bonchev–Trinajstić information content (AvgIpc) is 2.11. The second kappa shape index (κ2) is 1.97. The fourth-order valence-corrected chi connectivity index (χ4v) is 2.48. The Bertz CT molecular complexity index is 165. The summed E-state index contributed by atoms with van der Waals surface area (Å²) in [6, 6.07) is 0. The SMILES string of the molecule is O=C(O)C1C[C@H]2CCC[C@@H]12. The van der Waals surface area contributed by atoms with E-state index in [2.05, 4.69) is 0 Å². The Morgan fingerprint density at radius 1 is 1.40 bits per heavy atom. The van der Waals surface area contributed by atoms with Crippen molar-refractivity contribution in [1.29, 1.82) is 0 Å². The van der Waals surface area contributed by atoms with Crippen molar-refractivity contribution in [3.63, 3.8) is 0 Å². The van der Waals surface area contributed by atoms with Gasteiger partial charge in [-0.1, -0.05) is 12.8 Å². The van der Waals surface area contributed by atoms with Crippen LogP contribution in [0.5, 0.6) is 0 Å². The summed E-state index contributed by atoms with van der Waals surface area (Å²) in [5.74, 6) is 0.786. The molecule has 3 atom stereocenters. The van der Waals surface area contributed by atoms with E-state index in [9.17, 15) is 4.79 Å². The Kier molecular flexibility index (Phi) is 1.22. The zero-order valence-corrected chi connectivity index (χ0v) is 5.92. The fraction of sp³-hybridized carbons (Fsp3) is 0.875. The molecule has 0 aliphatic heterocycles. The van der Waals surface area contributed by atoms with Gasteiger partial charge >= 0.3 is 5.97 Å².